The smallest absolute Gasteiger partial charge is 0.388 e. The molecule has 0 aliphatic carbocycles. The number of nitrogens with zero attached hydrogens (tertiary/aromatic N) is 3. The standard InChI is InChI=1S/C17H17N5O2S/c1-3-14-22-15(16(25-14)20-12-7-5-9-18-10-12)24-17(23)21-13-8-4-6-11(2)19-13/h4-10,20H,3H2,1-2H3,(H,19,21,23). The molecule has 0 aliphatic heterocycles. The molecule has 0 spiro atoms. The first-order valence-electron chi connectivity index (χ1n) is 7.73. The van der Waals surface area contributed by atoms with Gasteiger partial charge in [0.1, 0.15) is 5.82 Å². The highest BCUT2D eigenvalue weighted by molar-refractivity contribution is 7.16. The normalized spacial score (nSPS) is 10.3. The van der Waals surface area contributed by atoms with Gasteiger partial charge in [-0.25, -0.2) is 14.8 Å². The number of aryl methyl sites for hydroxylation is 2. The van der Waals surface area contributed by atoms with Crippen molar-refractivity contribution in [3.8, 4) is 5.88 Å². The van der Waals surface area contributed by atoms with Crippen molar-refractivity contribution >= 4 is 33.9 Å². The number of anilines is 3. The molecule has 3 aromatic heterocycles. The Balaban J connectivity index is 1.74. The van der Waals surface area contributed by atoms with Gasteiger partial charge in [0.25, 0.3) is 5.88 Å². The molecule has 3 rings (SSSR count). The second-order valence-electron chi connectivity index (χ2n) is 5.14. The summed E-state index contributed by atoms with van der Waals surface area (Å²) in [6, 6.07) is 9.05. The van der Waals surface area contributed by atoms with Crippen LogP contribution in [0.3, 0.4) is 0 Å². The Morgan fingerprint density at radius 3 is 2.84 bits per heavy atom. The molecular weight excluding hydrogens is 338 g/mol. The first-order chi connectivity index (χ1) is 12.1. The Labute approximate surface area is 149 Å². The van der Waals surface area contributed by atoms with Crippen molar-refractivity contribution in [1.29, 1.82) is 0 Å². The summed E-state index contributed by atoms with van der Waals surface area (Å²) < 4.78 is 5.37. The summed E-state index contributed by atoms with van der Waals surface area (Å²) in [6.45, 7) is 3.84. The predicted octanol–water partition coefficient (Wildman–Crippen LogP) is 4.16. The number of pyridine rings is 2. The number of hydrogen-bond donors (Lipinski definition) is 2. The zero-order valence-corrected chi connectivity index (χ0v) is 14.6. The van der Waals surface area contributed by atoms with Gasteiger partial charge in [-0.1, -0.05) is 24.3 Å². The molecule has 3 aromatic rings. The highest BCUT2D eigenvalue weighted by Gasteiger charge is 2.16. The second-order valence-corrected chi connectivity index (χ2v) is 6.22. The molecule has 3 heterocycles. The summed E-state index contributed by atoms with van der Waals surface area (Å²) in [5.41, 5.74) is 1.60. The number of rotatable bonds is 5. The number of ether oxygens (including phenoxy) is 1. The quantitative estimate of drug-likeness (QED) is 0.714. The predicted molar refractivity (Wildman–Crippen MR) is 97.6 cm³/mol. The summed E-state index contributed by atoms with van der Waals surface area (Å²) in [5.74, 6) is 0.661. The van der Waals surface area contributed by atoms with Gasteiger partial charge in [0.15, 0.2) is 5.00 Å². The van der Waals surface area contributed by atoms with Crippen LogP contribution < -0.4 is 15.4 Å². The van der Waals surface area contributed by atoms with Crippen LogP contribution in [0.1, 0.15) is 17.6 Å². The van der Waals surface area contributed by atoms with Crippen LogP contribution in [0.4, 0.5) is 21.3 Å². The van der Waals surface area contributed by atoms with E-state index in [0.29, 0.717) is 10.8 Å². The summed E-state index contributed by atoms with van der Waals surface area (Å²) in [7, 11) is 0. The lowest BCUT2D eigenvalue weighted by Crippen LogP contribution is -2.18. The van der Waals surface area contributed by atoms with Crippen LogP contribution >= 0.6 is 11.3 Å². The number of carbonyl (C=O) groups excluding carboxylic acids is 1. The fraction of sp³-hybridized carbons (Fsp3) is 0.176. The molecule has 128 valence electrons. The van der Waals surface area contributed by atoms with E-state index < -0.39 is 6.09 Å². The molecule has 0 unspecified atom stereocenters. The minimum absolute atomic E-state index is 0.232. The van der Waals surface area contributed by atoms with E-state index in [2.05, 4.69) is 25.6 Å². The number of thiazole rings is 1. The second kappa shape index (κ2) is 7.71. The molecule has 25 heavy (non-hydrogen) atoms. The van der Waals surface area contributed by atoms with Gasteiger partial charge >= 0.3 is 6.09 Å². The number of amides is 1. The van der Waals surface area contributed by atoms with Gasteiger partial charge in [0, 0.05) is 11.9 Å². The summed E-state index contributed by atoms with van der Waals surface area (Å²) >= 11 is 1.43. The highest BCUT2D eigenvalue weighted by atomic mass is 32.1. The monoisotopic (exact) mass is 355 g/mol. The van der Waals surface area contributed by atoms with Crippen molar-refractivity contribution in [2.75, 3.05) is 10.6 Å². The lowest BCUT2D eigenvalue weighted by molar-refractivity contribution is 0.213. The van der Waals surface area contributed by atoms with E-state index in [1.54, 1.807) is 18.5 Å². The fourth-order valence-corrected chi connectivity index (χ4v) is 2.90. The minimum Gasteiger partial charge on any atom is -0.388 e. The van der Waals surface area contributed by atoms with Gasteiger partial charge in [-0.3, -0.25) is 10.3 Å². The van der Waals surface area contributed by atoms with Crippen molar-refractivity contribution in [3.05, 3.63) is 53.4 Å². The first-order valence-corrected chi connectivity index (χ1v) is 8.55. The molecular formula is C17H17N5O2S. The van der Waals surface area contributed by atoms with E-state index in [1.165, 1.54) is 11.3 Å². The van der Waals surface area contributed by atoms with Crippen molar-refractivity contribution in [3.63, 3.8) is 0 Å². The maximum Gasteiger partial charge on any atom is 0.419 e. The average Bonchev–Trinajstić information content (AvgIpc) is 2.97. The molecule has 0 saturated carbocycles. The number of carbonyl (C=O) groups is 1. The third kappa shape index (κ3) is 4.51. The van der Waals surface area contributed by atoms with Gasteiger partial charge in [-0.2, -0.15) is 0 Å². The minimum atomic E-state index is -0.639. The maximum atomic E-state index is 12.1. The van der Waals surface area contributed by atoms with Crippen molar-refractivity contribution < 1.29 is 9.53 Å². The molecule has 1 amide bonds. The van der Waals surface area contributed by atoms with Gasteiger partial charge in [0.2, 0.25) is 0 Å². The van der Waals surface area contributed by atoms with Crippen molar-refractivity contribution in [2.45, 2.75) is 20.3 Å². The van der Waals surface area contributed by atoms with Crippen LogP contribution in [0.5, 0.6) is 5.88 Å². The SMILES string of the molecule is CCc1nc(OC(=O)Nc2cccc(C)n2)c(Nc2cccnc2)s1. The van der Waals surface area contributed by atoms with Crippen molar-refractivity contribution in [1.82, 2.24) is 15.0 Å². The van der Waals surface area contributed by atoms with Crippen LogP contribution in [0.2, 0.25) is 0 Å². The Morgan fingerprint density at radius 1 is 1.24 bits per heavy atom. The van der Waals surface area contributed by atoms with Crippen LogP contribution in [0.25, 0.3) is 0 Å². The van der Waals surface area contributed by atoms with E-state index in [4.69, 9.17) is 4.74 Å². The van der Waals surface area contributed by atoms with Crippen LogP contribution in [-0.2, 0) is 6.42 Å². The van der Waals surface area contributed by atoms with Crippen molar-refractivity contribution in [2.24, 2.45) is 0 Å². The Bertz CT molecular complexity index is 866. The van der Waals surface area contributed by atoms with Gasteiger partial charge in [0.05, 0.1) is 16.9 Å². The first kappa shape index (κ1) is 16.8. The third-order valence-corrected chi connectivity index (χ3v) is 4.27. The molecule has 8 heteroatoms. The van der Waals surface area contributed by atoms with Gasteiger partial charge in [-0.05, 0) is 37.6 Å². The van der Waals surface area contributed by atoms with Crippen LogP contribution in [0.15, 0.2) is 42.7 Å². The molecule has 0 aliphatic rings. The lowest BCUT2D eigenvalue weighted by Gasteiger charge is -2.07. The number of hydrogen-bond acceptors (Lipinski definition) is 7. The maximum absolute atomic E-state index is 12.1. The Kier molecular flexibility index (Phi) is 5.20. The van der Waals surface area contributed by atoms with Crippen LogP contribution in [0, 0.1) is 6.92 Å². The van der Waals surface area contributed by atoms with Crippen LogP contribution in [-0.4, -0.2) is 21.0 Å². The number of nitrogens with one attached hydrogen (secondary N) is 2. The molecule has 0 aromatic carbocycles. The van der Waals surface area contributed by atoms with Gasteiger partial charge < -0.3 is 10.1 Å². The largest absolute Gasteiger partial charge is 0.419 e. The fourth-order valence-electron chi connectivity index (χ4n) is 2.05. The molecule has 0 fully saturated rings. The van der Waals surface area contributed by atoms with Gasteiger partial charge in [-0.15, -0.1) is 0 Å². The Morgan fingerprint density at radius 2 is 2.12 bits per heavy atom. The van der Waals surface area contributed by atoms with E-state index in [1.807, 2.05) is 38.1 Å². The lowest BCUT2D eigenvalue weighted by atomic mass is 10.4. The summed E-state index contributed by atoms with van der Waals surface area (Å²) in [4.78, 5) is 24.8. The molecule has 7 nitrogen and oxygen atoms in total. The zero-order valence-electron chi connectivity index (χ0n) is 13.8. The number of aromatic nitrogens is 3. The Hall–Kier alpha value is -3.00. The third-order valence-electron chi connectivity index (χ3n) is 3.17. The molecule has 0 atom stereocenters. The van der Waals surface area contributed by atoms with E-state index >= 15 is 0 Å². The van der Waals surface area contributed by atoms with E-state index in [-0.39, 0.29) is 5.88 Å². The molecule has 0 saturated heterocycles. The summed E-state index contributed by atoms with van der Waals surface area (Å²) in [6.07, 6.45) is 3.48. The molecule has 2 N–H and O–H groups in total. The summed E-state index contributed by atoms with van der Waals surface area (Å²) in [5, 5.41) is 7.29. The van der Waals surface area contributed by atoms with E-state index in [0.717, 1.165) is 22.8 Å². The molecule has 0 radical (unpaired) electrons. The average molecular weight is 355 g/mol. The molecule has 0 bridgehead atoms. The van der Waals surface area contributed by atoms with E-state index in [9.17, 15) is 4.79 Å². The zero-order chi connectivity index (χ0) is 17.6. The topological polar surface area (TPSA) is 89.0 Å². The highest BCUT2D eigenvalue weighted by Crippen LogP contribution is 2.34.